The van der Waals surface area contributed by atoms with Crippen LogP contribution in [0.4, 0.5) is 0 Å². The highest BCUT2D eigenvalue weighted by Crippen LogP contribution is 2.27. The Kier molecular flexibility index (Phi) is 6.46. The lowest BCUT2D eigenvalue weighted by molar-refractivity contribution is 0.106. The first kappa shape index (κ1) is 17.5. The van der Waals surface area contributed by atoms with E-state index in [0.29, 0.717) is 13.2 Å². The Labute approximate surface area is 150 Å². The summed E-state index contributed by atoms with van der Waals surface area (Å²) in [7, 11) is 1.82. The van der Waals surface area contributed by atoms with E-state index < -0.39 is 0 Å². The van der Waals surface area contributed by atoms with Crippen LogP contribution < -0.4 is 10.6 Å². The molecule has 1 aliphatic rings. The molecule has 0 aromatic heterocycles. The molecule has 3 rings (SSSR count). The molecular formula is C21H27N3O. The third-order valence-corrected chi connectivity index (χ3v) is 4.41. The molecule has 1 fully saturated rings. The smallest absolute Gasteiger partial charge is 0.191 e. The van der Waals surface area contributed by atoms with Gasteiger partial charge in [-0.25, -0.2) is 0 Å². The van der Waals surface area contributed by atoms with Crippen LogP contribution in [0.25, 0.3) is 0 Å². The van der Waals surface area contributed by atoms with Crippen LogP contribution in [0.1, 0.15) is 29.5 Å². The van der Waals surface area contributed by atoms with E-state index in [-0.39, 0.29) is 0 Å². The van der Waals surface area contributed by atoms with Crippen molar-refractivity contribution in [3.8, 4) is 0 Å². The van der Waals surface area contributed by atoms with E-state index in [0.717, 1.165) is 25.0 Å². The first-order valence-electron chi connectivity index (χ1n) is 8.98. The van der Waals surface area contributed by atoms with Gasteiger partial charge < -0.3 is 15.4 Å². The van der Waals surface area contributed by atoms with Crippen LogP contribution in [0.5, 0.6) is 0 Å². The predicted molar refractivity (Wildman–Crippen MR) is 102 cm³/mol. The molecular weight excluding hydrogens is 310 g/mol. The Bertz CT molecular complexity index is 681. The fourth-order valence-electron chi connectivity index (χ4n) is 2.69. The highest BCUT2D eigenvalue weighted by Gasteiger charge is 2.21. The minimum Gasteiger partial charge on any atom is -0.372 e. The zero-order valence-electron chi connectivity index (χ0n) is 14.9. The Hall–Kier alpha value is -2.33. The minimum absolute atomic E-state index is 0.612. The number of nitrogens with zero attached hydrogens (tertiary/aromatic N) is 1. The maximum Gasteiger partial charge on any atom is 0.191 e. The Morgan fingerprint density at radius 2 is 1.68 bits per heavy atom. The number of hydrogen-bond donors (Lipinski definition) is 2. The van der Waals surface area contributed by atoms with Gasteiger partial charge in [0.25, 0.3) is 0 Å². The Morgan fingerprint density at radius 3 is 2.40 bits per heavy atom. The van der Waals surface area contributed by atoms with Crippen LogP contribution in [0, 0.1) is 5.92 Å². The molecule has 1 saturated carbocycles. The van der Waals surface area contributed by atoms with Crippen molar-refractivity contribution in [1.82, 2.24) is 10.6 Å². The molecule has 0 bridgehead atoms. The maximum atomic E-state index is 5.89. The van der Waals surface area contributed by atoms with Gasteiger partial charge in [0.1, 0.15) is 0 Å². The van der Waals surface area contributed by atoms with Crippen molar-refractivity contribution < 1.29 is 4.74 Å². The van der Waals surface area contributed by atoms with Crippen LogP contribution in [0.3, 0.4) is 0 Å². The first-order chi connectivity index (χ1) is 12.3. The summed E-state index contributed by atoms with van der Waals surface area (Å²) in [5, 5.41) is 6.79. The highest BCUT2D eigenvalue weighted by molar-refractivity contribution is 5.79. The van der Waals surface area contributed by atoms with Gasteiger partial charge in [-0.05, 0) is 35.4 Å². The fourth-order valence-corrected chi connectivity index (χ4v) is 2.69. The third kappa shape index (κ3) is 5.91. The second-order valence-electron chi connectivity index (χ2n) is 6.50. The average molecular weight is 337 g/mol. The maximum absolute atomic E-state index is 5.89. The summed E-state index contributed by atoms with van der Waals surface area (Å²) in [6.45, 7) is 3.00. The molecule has 1 aliphatic carbocycles. The van der Waals surface area contributed by atoms with Crippen molar-refractivity contribution >= 4 is 5.96 Å². The molecule has 0 radical (unpaired) electrons. The second kappa shape index (κ2) is 9.23. The standard InChI is InChI=1S/C21H27N3O/c1-22-21(23-13-17-11-12-17)24-14-19-9-5-6-10-20(19)16-25-15-18-7-3-2-4-8-18/h2-10,17H,11-16H2,1H3,(H2,22,23,24). The fraction of sp³-hybridized carbons (Fsp3) is 0.381. The van der Waals surface area contributed by atoms with E-state index in [2.05, 4.69) is 52.0 Å². The number of ether oxygens (including phenoxy) is 1. The summed E-state index contributed by atoms with van der Waals surface area (Å²) in [5.41, 5.74) is 3.65. The number of benzene rings is 2. The normalized spacial score (nSPS) is 14.4. The molecule has 0 heterocycles. The summed E-state index contributed by atoms with van der Waals surface area (Å²) < 4.78 is 5.89. The summed E-state index contributed by atoms with van der Waals surface area (Å²) >= 11 is 0. The van der Waals surface area contributed by atoms with Gasteiger partial charge in [0.2, 0.25) is 0 Å². The van der Waals surface area contributed by atoms with E-state index in [1.54, 1.807) is 0 Å². The minimum atomic E-state index is 0.612. The molecule has 0 atom stereocenters. The van der Waals surface area contributed by atoms with Gasteiger partial charge in [0, 0.05) is 20.1 Å². The van der Waals surface area contributed by atoms with Gasteiger partial charge in [-0.2, -0.15) is 0 Å². The van der Waals surface area contributed by atoms with E-state index in [1.807, 2.05) is 25.2 Å². The quantitative estimate of drug-likeness (QED) is 0.573. The lowest BCUT2D eigenvalue weighted by atomic mass is 10.1. The monoisotopic (exact) mass is 337 g/mol. The lowest BCUT2D eigenvalue weighted by Crippen LogP contribution is -2.38. The number of aliphatic imine (C=N–C) groups is 1. The Balaban J connectivity index is 1.49. The zero-order valence-corrected chi connectivity index (χ0v) is 14.9. The molecule has 2 aromatic rings. The Morgan fingerprint density at radius 1 is 0.960 bits per heavy atom. The molecule has 4 nitrogen and oxygen atoms in total. The van der Waals surface area contributed by atoms with E-state index in [4.69, 9.17) is 4.74 Å². The van der Waals surface area contributed by atoms with E-state index in [1.165, 1.54) is 29.5 Å². The largest absolute Gasteiger partial charge is 0.372 e. The van der Waals surface area contributed by atoms with Gasteiger partial charge >= 0.3 is 0 Å². The second-order valence-corrected chi connectivity index (χ2v) is 6.50. The zero-order chi connectivity index (χ0) is 17.3. The SMILES string of the molecule is CN=C(NCc1ccccc1COCc1ccccc1)NCC1CC1. The lowest BCUT2D eigenvalue weighted by Gasteiger charge is -2.14. The van der Waals surface area contributed by atoms with Gasteiger partial charge in [-0.1, -0.05) is 54.6 Å². The summed E-state index contributed by atoms with van der Waals surface area (Å²) in [4.78, 5) is 4.30. The van der Waals surface area contributed by atoms with Gasteiger partial charge in [-0.3, -0.25) is 4.99 Å². The number of rotatable bonds is 8. The van der Waals surface area contributed by atoms with Crippen LogP contribution in [0.15, 0.2) is 59.6 Å². The number of nitrogens with one attached hydrogen (secondary N) is 2. The first-order valence-corrected chi connectivity index (χ1v) is 8.98. The molecule has 2 N–H and O–H groups in total. The molecule has 0 aliphatic heterocycles. The molecule has 132 valence electrons. The number of hydrogen-bond acceptors (Lipinski definition) is 2. The molecule has 4 heteroatoms. The van der Waals surface area contributed by atoms with Crippen molar-refractivity contribution in [2.24, 2.45) is 10.9 Å². The molecule has 0 unspecified atom stereocenters. The molecule has 0 saturated heterocycles. The molecule has 0 amide bonds. The number of guanidine groups is 1. The summed E-state index contributed by atoms with van der Waals surface area (Å²) in [5.74, 6) is 1.70. The van der Waals surface area contributed by atoms with Crippen molar-refractivity contribution in [2.75, 3.05) is 13.6 Å². The van der Waals surface area contributed by atoms with Crippen LogP contribution >= 0.6 is 0 Å². The molecule has 2 aromatic carbocycles. The third-order valence-electron chi connectivity index (χ3n) is 4.41. The highest BCUT2D eigenvalue weighted by atomic mass is 16.5. The van der Waals surface area contributed by atoms with Crippen molar-refractivity contribution in [3.05, 3.63) is 71.3 Å². The molecule has 25 heavy (non-hydrogen) atoms. The van der Waals surface area contributed by atoms with Crippen LogP contribution in [0.2, 0.25) is 0 Å². The van der Waals surface area contributed by atoms with Gasteiger partial charge in [0.05, 0.1) is 13.2 Å². The van der Waals surface area contributed by atoms with Gasteiger partial charge in [-0.15, -0.1) is 0 Å². The van der Waals surface area contributed by atoms with Crippen LogP contribution in [-0.2, 0) is 24.5 Å². The molecule has 0 spiro atoms. The summed E-state index contributed by atoms with van der Waals surface area (Å²) in [6.07, 6.45) is 2.68. The average Bonchev–Trinajstić information content (AvgIpc) is 3.48. The van der Waals surface area contributed by atoms with Crippen molar-refractivity contribution in [2.45, 2.75) is 32.6 Å². The van der Waals surface area contributed by atoms with E-state index in [9.17, 15) is 0 Å². The predicted octanol–water partition coefficient (Wildman–Crippen LogP) is 3.48. The van der Waals surface area contributed by atoms with E-state index >= 15 is 0 Å². The van der Waals surface area contributed by atoms with Gasteiger partial charge in [0.15, 0.2) is 5.96 Å². The van der Waals surface area contributed by atoms with Crippen LogP contribution in [-0.4, -0.2) is 19.6 Å². The van der Waals surface area contributed by atoms with Crippen molar-refractivity contribution in [3.63, 3.8) is 0 Å². The topological polar surface area (TPSA) is 45.7 Å². The summed E-state index contributed by atoms with van der Waals surface area (Å²) in [6, 6.07) is 18.7. The van der Waals surface area contributed by atoms with Crippen molar-refractivity contribution in [1.29, 1.82) is 0 Å².